The molecule has 1 amide bonds. The van der Waals surface area contributed by atoms with Crippen LogP contribution in [0.15, 0.2) is 40.6 Å². The van der Waals surface area contributed by atoms with Crippen LogP contribution in [0.2, 0.25) is 4.34 Å². The predicted molar refractivity (Wildman–Crippen MR) is 91.6 cm³/mol. The smallest absolute Gasteiger partial charge is 0.250 e. The molecule has 1 fully saturated rings. The predicted octanol–water partition coefficient (Wildman–Crippen LogP) is 2.79. The van der Waals surface area contributed by atoms with Crippen LogP contribution in [0.4, 0.5) is 5.69 Å². The van der Waals surface area contributed by atoms with Gasteiger partial charge in [0.15, 0.2) is 0 Å². The fourth-order valence-corrected chi connectivity index (χ4v) is 5.18. The van der Waals surface area contributed by atoms with Gasteiger partial charge < -0.3 is 4.90 Å². The number of carbonyl (C=O) groups is 1. The normalized spacial score (nSPS) is 18.6. The molecular formula is C15H15ClN2O3S2. The molecule has 2 aromatic rings. The zero-order chi connectivity index (χ0) is 16.6. The van der Waals surface area contributed by atoms with Crippen LogP contribution in [-0.4, -0.2) is 26.9 Å². The summed E-state index contributed by atoms with van der Waals surface area (Å²) in [4.78, 5) is 14.1. The van der Waals surface area contributed by atoms with E-state index in [0.29, 0.717) is 17.3 Å². The lowest BCUT2D eigenvalue weighted by Crippen LogP contribution is -2.41. The van der Waals surface area contributed by atoms with Crippen molar-refractivity contribution in [2.24, 2.45) is 0 Å². The number of benzene rings is 1. The number of nitrogens with zero attached hydrogens (tertiary/aromatic N) is 1. The Labute approximate surface area is 143 Å². The molecular weight excluding hydrogens is 356 g/mol. The lowest BCUT2D eigenvalue weighted by molar-refractivity contribution is -0.118. The third-order valence-corrected chi connectivity index (χ3v) is 6.86. The lowest BCUT2D eigenvalue weighted by atomic mass is 10.2. The quantitative estimate of drug-likeness (QED) is 0.899. The van der Waals surface area contributed by atoms with E-state index in [4.69, 9.17) is 11.6 Å². The highest BCUT2D eigenvalue weighted by atomic mass is 35.5. The summed E-state index contributed by atoms with van der Waals surface area (Å²) in [6.45, 7) is 2.46. The van der Waals surface area contributed by atoms with E-state index in [-0.39, 0.29) is 10.1 Å². The fourth-order valence-electron chi connectivity index (χ4n) is 2.46. The van der Waals surface area contributed by atoms with Crippen molar-refractivity contribution in [2.75, 3.05) is 11.4 Å². The highest BCUT2D eigenvalue weighted by molar-refractivity contribution is 7.91. The van der Waals surface area contributed by atoms with E-state index in [2.05, 4.69) is 4.72 Å². The van der Waals surface area contributed by atoms with Gasteiger partial charge in [-0.25, -0.2) is 8.42 Å². The van der Waals surface area contributed by atoms with Gasteiger partial charge in [0.1, 0.15) is 10.3 Å². The second-order valence-electron chi connectivity index (χ2n) is 5.35. The minimum atomic E-state index is -3.73. The number of hydrogen-bond acceptors (Lipinski definition) is 4. The lowest BCUT2D eigenvalue weighted by Gasteiger charge is -2.17. The molecule has 1 aromatic heterocycles. The van der Waals surface area contributed by atoms with Crippen LogP contribution in [-0.2, 0) is 14.8 Å². The zero-order valence-corrected chi connectivity index (χ0v) is 14.7. The van der Waals surface area contributed by atoms with Crippen molar-refractivity contribution in [3.05, 3.63) is 46.3 Å². The van der Waals surface area contributed by atoms with Crippen LogP contribution < -0.4 is 9.62 Å². The fraction of sp³-hybridized carbons (Fsp3) is 0.267. The number of aryl methyl sites for hydroxylation is 1. The van der Waals surface area contributed by atoms with Crippen LogP contribution in [0.3, 0.4) is 0 Å². The van der Waals surface area contributed by atoms with Crippen molar-refractivity contribution in [1.82, 2.24) is 4.72 Å². The molecule has 8 heteroatoms. The van der Waals surface area contributed by atoms with Gasteiger partial charge in [0.05, 0.1) is 4.34 Å². The topological polar surface area (TPSA) is 66.5 Å². The summed E-state index contributed by atoms with van der Waals surface area (Å²) in [5.74, 6) is -0.236. The van der Waals surface area contributed by atoms with Gasteiger partial charge in [-0.3, -0.25) is 4.79 Å². The van der Waals surface area contributed by atoms with Crippen molar-refractivity contribution in [3.63, 3.8) is 0 Å². The number of thiophene rings is 1. The summed E-state index contributed by atoms with van der Waals surface area (Å²) in [7, 11) is -3.73. The summed E-state index contributed by atoms with van der Waals surface area (Å²) >= 11 is 6.75. The van der Waals surface area contributed by atoms with Gasteiger partial charge in [0.2, 0.25) is 5.91 Å². The molecule has 1 saturated heterocycles. The molecule has 0 spiro atoms. The molecule has 5 nitrogen and oxygen atoms in total. The van der Waals surface area contributed by atoms with Gasteiger partial charge >= 0.3 is 0 Å². The van der Waals surface area contributed by atoms with Crippen molar-refractivity contribution in [2.45, 2.75) is 23.6 Å². The number of halogens is 1. The second-order valence-corrected chi connectivity index (χ2v) is 9.00. The van der Waals surface area contributed by atoms with Crippen molar-refractivity contribution < 1.29 is 13.2 Å². The van der Waals surface area contributed by atoms with Gasteiger partial charge in [0, 0.05) is 12.2 Å². The van der Waals surface area contributed by atoms with Crippen molar-refractivity contribution in [3.8, 4) is 0 Å². The summed E-state index contributed by atoms with van der Waals surface area (Å²) < 4.78 is 27.6. The molecule has 1 aliphatic rings. The summed E-state index contributed by atoms with van der Waals surface area (Å²) in [6, 6.07) is 9.79. The summed E-state index contributed by atoms with van der Waals surface area (Å²) in [5, 5.41) is 0. The molecule has 0 aliphatic carbocycles. The number of amides is 1. The molecule has 0 radical (unpaired) electrons. The van der Waals surface area contributed by atoms with E-state index in [0.717, 1.165) is 22.6 Å². The van der Waals surface area contributed by atoms with E-state index in [1.165, 1.54) is 12.1 Å². The van der Waals surface area contributed by atoms with Gasteiger partial charge in [0.25, 0.3) is 10.0 Å². The van der Waals surface area contributed by atoms with Crippen LogP contribution >= 0.6 is 22.9 Å². The Morgan fingerprint density at radius 2 is 1.91 bits per heavy atom. The number of carbonyl (C=O) groups excluding carboxylic acids is 1. The highest BCUT2D eigenvalue weighted by Gasteiger charge is 2.36. The molecule has 0 saturated carbocycles. The number of hydrogen-bond donors (Lipinski definition) is 1. The van der Waals surface area contributed by atoms with Crippen molar-refractivity contribution >= 4 is 44.6 Å². The monoisotopic (exact) mass is 370 g/mol. The van der Waals surface area contributed by atoms with Crippen LogP contribution in [0.5, 0.6) is 0 Å². The molecule has 0 bridgehead atoms. The van der Waals surface area contributed by atoms with Crippen molar-refractivity contribution in [1.29, 1.82) is 0 Å². The Bertz CT molecular complexity index is 831. The number of nitrogens with one attached hydrogen (secondary N) is 1. The minimum Gasteiger partial charge on any atom is -0.311 e. The Hall–Kier alpha value is -1.41. The average molecular weight is 371 g/mol. The van der Waals surface area contributed by atoms with E-state index in [1.807, 2.05) is 31.2 Å². The van der Waals surface area contributed by atoms with Gasteiger partial charge in [-0.1, -0.05) is 29.3 Å². The third kappa shape index (κ3) is 3.42. The number of anilines is 1. The maximum Gasteiger partial charge on any atom is 0.250 e. The molecule has 1 aliphatic heterocycles. The number of rotatable bonds is 4. The minimum absolute atomic E-state index is 0.115. The molecule has 1 atom stereocenters. The average Bonchev–Trinajstić information content (AvgIpc) is 3.08. The molecule has 2 heterocycles. The first-order valence-electron chi connectivity index (χ1n) is 7.02. The SMILES string of the molecule is Cc1ccc(N2CC[C@@H](NS(=O)(=O)c3ccc(Cl)s3)C2=O)cc1. The number of sulfonamides is 1. The first-order chi connectivity index (χ1) is 10.9. The largest absolute Gasteiger partial charge is 0.311 e. The molecule has 1 aromatic carbocycles. The zero-order valence-electron chi connectivity index (χ0n) is 12.3. The maximum absolute atomic E-state index is 12.5. The van der Waals surface area contributed by atoms with Gasteiger partial charge in [-0.2, -0.15) is 4.72 Å². The first kappa shape index (κ1) is 16.4. The van der Waals surface area contributed by atoms with E-state index in [1.54, 1.807) is 4.90 Å². The first-order valence-corrected chi connectivity index (χ1v) is 9.70. The van der Waals surface area contributed by atoms with Crippen LogP contribution in [0.1, 0.15) is 12.0 Å². The summed E-state index contributed by atoms with van der Waals surface area (Å²) in [5.41, 5.74) is 1.88. The van der Waals surface area contributed by atoms with Gasteiger partial charge in [-0.05, 0) is 37.6 Å². The highest BCUT2D eigenvalue weighted by Crippen LogP contribution is 2.27. The molecule has 23 heavy (non-hydrogen) atoms. The third-order valence-electron chi connectivity index (χ3n) is 3.66. The Morgan fingerprint density at radius 3 is 2.52 bits per heavy atom. The summed E-state index contributed by atoms with van der Waals surface area (Å²) in [6.07, 6.45) is 0.436. The van der Waals surface area contributed by atoms with E-state index in [9.17, 15) is 13.2 Å². The molecule has 0 unspecified atom stereocenters. The molecule has 3 rings (SSSR count). The molecule has 1 N–H and O–H groups in total. The maximum atomic E-state index is 12.5. The standard InChI is InChI=1S/C15H15ClN2O3S2/c1-10-2-4-11(5-3-10)18-9-8-12(15(18)19)17-23(20,21)14-7-6-13(16)22-14/h2-7,12,17H,8-9H2,1H3/t12-/m1/s1. The Morgan fingerprint density at radius 1 is 1.22 bits per heavy atom. The Kier molecular flexibility index (Phi) is 4.46. The van der Waals surface area contributed by atoms with E-state index < -0.39 is 16.1 Å². The Balaban J connectivity index is 1.76. The van der Waals surface area contributed by atoms with Crippen LogP contribution in [0.25, 0.3) is 0 Å². The molecule has 122 valence electrons. The van der Waals surface area contributed by atoms with E-state index >= 15 is 0 Å². The second kappa shape index (κ2) is 6.24. The van der Waals surface area contributed by atoms with Crippen LogP contribution in [0, 0.1) is 6.92 Å². The van der Waals surface area contributed by atoms with Gasteiger partial charge in [-0.15, -0.1) is 11.3 Å².